The van der Waals surface area contributed by atoms with Crippen LogP contribution in [0.2, 0.25) is 10.0 Å². The lowest BCUT2D eigenvalue weighted by Crippen LogP contribution is -1.94. The molecule has 0 aliphatic heterocycles. The molecule has 22 heavy (non-hydrogen) atoms. The molecule has 0 fully saturated rings. The fourth-order valence-electron chi connectivity index (χ4n) is 2.98. The predicted octanol–water partition coefficient (Wildman–Crippen LogP) is 5.72. The Morgan fingerprint density at radius 1 is 1.05 bits per heavy atom. The summed E-state index contributed by atoms with van der Waals surface area (Å²) in [6.07, 6.45) is 2.23. The van der Waals surface area contributed by atoms with Crippen LogP contribution in [0.15, 0.2) is 48.0 Å². The van der Waals surface area contributed by atoms with E-state index in [-0.39, 0.29) is 5.78 Å². The number of carbonyl (C=O) groups excluding carboxylic acids is 1. The molecule has 1 nitrogen and oxygen atoms in total. The summed E-state index contributed by atoms with van der Waals surface area (Å²) in [5.41, 5.74) is 6.12. The Morgan fingerprint density at radius 2 is 1.73 bits per heavy atom. The van der Waals surface area contributed by atoms with Crippen molar-refractivity contribution < 1.29 is 4.79 Å². The molecule has 2 aromatic rings. The minimum Gasteiger partial charge on any atom is -0.300 e. The summed E-state index contributed by atoms with van der Waals surface area (Å²) in [5, 5.41) is 1.48. The van der Waals surface area contributed by atoms with E-state index in [1.165, 1.54) is 22.3 Å². The van der Waals surface area contributed by atoms with Gasteiger partial charge in [0.2, 0.25) is 0 Å². The van der Waals surface area contributed by atoms with Crippen molar-refractivity contribution in [2.24, 2.45) is 0 Å². The van der Waals surface area contributed by atoms with Gasteiger partial charge in [-0.1, -0.05) is 47.0 Å². The van der Waals surface area contributed by atoms with Crippen molar-refractivity contribution in [1.82, 2.24) is 0 Å². The normalized spacial score (nSPS) is 13.4. The van der Waals surface area contributed by atoms with E-state index in [0.717, 1.165) is 28.5 Å². The monoisotopic (exact) mass is 330 g/mol. The molecule has 112 valence electrons. The molecule has 0 atom stereocenters. The number of fused-ring (bicyclic) bond motifs is 1. The predicted molar refractivity (Wildman–Crippen MR) is 92.5 cm³/mol. The summed E-state index contributed by atoms with van der Waals surface area (Å²) in [4.78, 5) is 11.4. The number of benzene rings is 2. The van der Waals surface area contributed by atoms with Crippen LogP contribution in [0.1, 0.15) is 36.5 Å². The van der Waals surface area contributed by atoms with Gasteiger partial charge in [0.1, 0.15) is 5.78 Å². The lowest BCUT2D eigenvalue weighted by Gasteiger charge is -2.09. The quantitative estimate of drug-likeness (QED) is 0.700. The van der Waals surface area contributed by atoms with E-state index in [9.17, 15) is 4.79 Å². The molecule has 0 saturated carbocycles. The number of allylic oxidation sites excluding steroid dienone is 1. The van der Waals surface area contributed by atoms with E-state index < -0.39 is 0 Å². The van der Waals surface area contributed by atoms with Crippen LogP contribution in [0.3, 0.4) is 0 Å². The van der Waals surface area contributed by atoms with Crippen LogP contribution in [0.25, 0.3) is 5.57 Å². The number of hydrogen-bond acceptors (Lipinski definition) is 1. The van der Waals surface area contributed by atoms with Gasteiger partial charge in [0.05, 0.1) is 0 Å². The molecular weight excluding hydrogens is 315 g/mol. The van der Waals surface area contributed by atoms with E-state index in [1.807, 2.05) is 36.4 Å². The van der Waals surface area contributed by atoms with Gasteiger partial charge < -0.3 is 4.79 Å². The summed E-state index contributed by atoms with van der Waals surface area (Å²) in [7, 11) is 0. The summed E-state index contributed by atoms with van der Waals surface area (Å²) in [6.45, 7) is 1.64. The minimum atomic E-state index is 0.219. The zero-order valence-corrected chi connectivity index (χ0v) is 13.8. The number of ketones is 1. The van der Waals surface area contributed by atoms with Gasteiger partial charge in [-0.25, -0.2) is 0 Å². The zero-order valence-electron chi connectivity index (χ0n) is 12.3. The van der Waals surface area contributed by atoms with Gasteiger partial charge in [-0.2, -0.15) is 0 Å². The second-order valence-corrected chi connectivity index (χ2v) is 6.54. The molecule has 1 aliphatic carbocycles. The summed E-state index contributed by atoms with van der Waals surface area (Å²) >= 11 is 12.1. The Balaban J connectivity index is 2.06. The Labute approximate surface area is 140 Å². The Hall–Kier alpha value is -1.57. The second-order valence-electron chi connectivity index (χ2n) is 5.67. The molecule has 0 amide bonds. The topological polar surface area (TPSA) is 17.1 Å². The molecule has 2 aromatic carbocycles. The van der Waals surface area contributed by atoms with Crippen molar-refractivity contribution >= 4 is 34.6 Å². The van der Waals surface area contributed by atoms with E-state index in [1.54, 1.807) is 6.92 Å². The Kier molecular flexibility index (Phi) is 4.37. The van der Waals surface area contributed by atoms with Crippen molar-refractivity contribution in [3.63, 3.8) is 0 Å². The smallest absolute Gasteiger partial charge is 0.130 e. The molecule has 0 radical (unpaired) electrons. The molecule has 3 heteroatoms. The molecule has 0 aromatic heterocycles. The maximum absolute atomic E-state index is 11.4. The first-order valence-electron chi connectivity index (χ1n) is 7.31. The van der Waals surface area contributed by atoms with Crippen molar-refractivity contribution in [2.75, 3.05) is 0 Å². The van der Waals surface area contributed by atoms with Crippen LogP contribution < -0.4 is 0 Å². The summed E-state index contributed by atoms with van der Waals surface area (Å²) in [6, 6.07) is 13.9. The molecule has 0 spiro atoms. The van der Waals surface area contributed by atoms with Crippen LogP contribution in [-0.2, 0) is 11.2 Å². The highest BCUT2D eigenvalue weighted by atomic mass is 35.5. The largest absolute Gasteiger partial charge is 0.300 e. The molecule has 0 bridgehead atoms. The van der Waals surface area contributed by atoms with Gasteiger partial charge in [-0.3, -0.25) is 0 Å². The first kappa shape index (κ1) is 15.3. The molecule has 0 N–H and O–H groups in total. The first-order valence-corrected chi connectivity index (χ1v) is 8.06. The average Bonchev–Trinajstić information content (AvgIpc) is 2.83. The van der Waals surface area contributed by atoms with Crippen LogP contribution in [0, 0.1) is 0 Å². The van der Waals surface area contributed by atoms with Gasteiger partial charge >= 0.3 is 0 Å². The Bertz CT molecular complexity index is 758. The van der Waals surface area contributed by atoms with Gasteiger partial charge in [0.15, 0.2) is 0 Å². The molecule has 0 heterocycles. The molecule has 0 unspecified atom stereocenters. The second kappa shape index (κ2) is 6.28. The molecule has 3 rings (SSSR count). The van der Waals surface area contributed by atoms with Gasteiger partial charge in [-0.15, -0.1) is 0 Å². The standard InChI is InChI=1S/C19H16Cl2O/c1-12(22)2-3-14-10-15-11-17(21)8-9-18(15)19(14)13-4-6-16(20)7-5-13/h4-9,11H,2-3,10H2,1H3. The number of rotatable bonds is 4. The maximum Gasteiger partial charge on any atom is 0.130 e. The fourth-order valence-corrected chi connectivity index (χ4v) is 3.30. The van der Waals surface area contributed by atoms with Crippen LogP contribution >= 0.6 is 23.2 Å². The fraction of sp³-hybridized carbons (Fsp3) is 0.211. The van der Waals surface area contributed by atoms with Crippen LogP contribution in [-0.4, -0.2) is 5.78 Å². The van der Waals surface area contributed by atoms with Crippen molar-refractivity contribution in [1.29, 1.82) is 0 Å². The highest BCUT2D eigenvalue weighted by molar-refractivity contribution is 6.31. The van der Waals surface area contributed by atoms with E-state index in [0.29, 0.717) is 6.42 Å². The van der Waals surface area contributed by atoms with E-state index >= 15 is 0 Å². The highest BCUT2D eigenvalue weighted by Gasteiger charge is 2.22. The average molecular weight is 331 g/mol. The van der Waals surface area contributed by atoms with Crippen molar-refractivity contribution in [3.05, 3.63) is 74.8 Å². The van der Waals surface area contributed by atoms with Gasteiger partial charge in [-0.05, 0) is 66.3 Å². The van der Waals surface area contributed by atoms with Gasteiger partial charge in [0, 0.05) is 16.5 Å². The maximum atomic E-state index is 11.4. The summed E-state index contributed by atoms with van der Waals surface area (Å²) in [5.74, 6) is 0.219. The lowest BCUT2D eigenvalue weighted by molar-refractivity contribution is -0.116. The minimum absolute atomic E-state index is 0.219. The molecule has 1 aliphatic rings. The third-order valence-corrected chi connectivity index (χ3v) is 4.49. The SMILES string of the molecule is CC(=O)CCC1=C(c2ccc(Cl)cc2)c2ccc(Cl)cc2C1. The van der Waals surface area contributed by atoms with Gasteiger partial charge in [0.25, 0.3) is 0 Å². The summed E-state index contributed by atoms with van der Waals surface area (Å²) < 4.78 is 0. The number of Topliss-reactive ketones (excluding diaryl/α,β-unsaturated/α-hetero) is 1. The third-order valence-electron chi connectivity index (χ3n) is 4.01. The third kappa shape index (κ3) is 3.11. The lowest BCUT2D eigenvalue weighted by atomic mass is 9.95. The van der Waals surface area contributed by atoms with Crippen LogP contribution in [0.5, 0.6) is 0 Å². The van der Waals surface area contributed by atoms with E-state index in [4.69, 9.17) is 23.2 Å². The van der Waals surface area contributed by atoms with Crippen molar-refractivity contribution in [2.45, 2.75) is 26.2 Å². The molecule has 0 saturated heterocycles. The molecular formula is C19H16Cl2O. The zero-order chi connectivity index (χ0) is 15.7. The van der Waals surface area contributed by atoms with E-state index in [2.05, 4.69) is 6.07 Å². The van der Waals surface area contributed by atoms with Crippen molar-refractivity contribution in [3.8, 4) is 0 Å². The Morgan fingerprint density at radius 3 is 2.41 bits per heavy atom. The highest BCUT2D eigenvalue weighted by Crippen LogP contribution is 2.40. The number of hydrogen-bond donors (Lipinski definition) is 0. The first-order chi connectivity index (χ1) is 10.5. The number of halogens is 2. The number of carbonyl (C=O) groups is 1. The van der Waals surface area contributed by atoms with Crippen LogP contribution in [0.4, 0.5) is 0 Å².